The summed E-state index contributed by atoms with van der Waals surface area (Å²) in [6.07, 6.45) is 3.75. The highest BCUT2D eigenvalue weighted by Gasteiger charge is 2.04. The first-order valence-corrected chi connectivity index (χ1v) is 7.23. The normalized spacial score (nSPS) is 10.4. The first-order chi connectivity index (χ1) is 9.25. The third-order valence-corrected chi connectivity index (χ3v) is 3.97. The Kier molecular flexibility index (Phi) is 5.30. The minimum atomic E-state index is 0.0224. The Labute approximate surface area is 121 Å². The monoisotopic (exact) mass is 295 g/mol. The standard InChI is InChI=1S/C13H14ClN3OS/c14-11-3-1-2-4-12(11)19-6-5-13(18)16-8-10-7-15-9-17-10/h1-4,7,9H,5-6,8H2,(H,15,17)(H,16,18). The number of nitrogens with one attached hydrogen (secondary N) is 2. The molecule has 2 aromatic rings. The fraction of sp³-hybridized carbons (Fsp3) is 0.231. The summed E-state index contributed by atoms with van der Waals surface area (Å²) >= 11 is 7.62. The molecule has 6 heteroatoms. The average Bonchev–Trinajstić information content (AvgIpc) is 2.92. The van der Waals surface area contributed by atoms with Gasteiger partial charge in [-0.3, -0.25) is 4.79 Å². The van der Waals surface area contributed by atoms with E-state index in [1.54, 1.807) is 24.3 Å². The van der Waals surface area contributed by atoms with Gasteiger partial charge in [0.1, 0.15) is 0 Å². The van der Waals surface area contributed by atoms with Gasteiger partial charge in [0, 0.05) is 23.3 Å². The smallest absolute Gasteiger partial charge is 0.221 e. The van der Waals surface area contributed by atoms with Crippen LogP contribution in [0.1, 0.15) is 12.1 Å². The van der Waals surface area contributed by atoms with E-state index in [-0.39, 0.29) is 5.91 Å². The summed E-state index contributed by atoms with van der Waals surface area (Å²) in [7, 11) is 0. The molecule has 0 saturated heterocycles. The molecular weight excluding hydrogens is 282 g/mol. The van der Waals surface area contributed by atoms with Crippen LogP contribution < -0.4 is 5.32 Å². The second-order valence-electron chi connectivity index (χ2n) is 3.88. The largest absolute Gasteiger partial charge is 0.350 e. The molecule has 19 heavy (non-hydrogen) atoms. The molecule has 1 aromatic carbocycles. The molecule has 0 aliphatic rings. The number of nitrogens with zero attached hydrogens (tertiary/aromatic N) is 1. The molecule has 1 aromatic heterocycles. The number of hydrogen-bond acceptors (Lipinski definition) is 3. The van der Waals surface area contributed by atoms with Crippen LogP contribution in [-0.2, 0) is 11.3 Å². The van der Waals surface area contributed by atoms with Crippen molar-refractivity contribution in [1.82, 2.24) is 15.3 Å². The maximum atomic E-state index is 11.6. The van der Waals surface area contributed by atoms with E-state index in [0.29, 0.717) is 18.7 Å². The lowest BCUT2D eigenvalue weighted by Gasteiger charge is -2.05. The lowest BCUT2D eigenvalue weighted by atomic mass is 10.4. The van der Waals surface area contributed by atoms with Crippen molar-refractivity contribution in [1.29, 1.82) is 0 Å². The van der Waals surface area contributed by atoms with Gasteiger partial charge in [-0.25, -0.2) is 4.98 Å². The fourth-order valence-electron chi connectivity index (χ4n) is 1.48. The number of H-pyrrole nitrogens is 1. The molecule has 0 spiro atoms. The van der Waals surface area contributed by atoms with Crippen LogP contribution >= 0.6 is 23.4 Å². The summed E-state index contributed by atoms with van der Waals surface area (Å²) in [5.74, 6) is 0.729. The molecule has 0 radical (unpaired) electrons. The lowest BCUT2D eigenvalue weighted by Crippen LogP contribution is -2.23. The summed E-state index contributed by atoms with van der Waals surface area (Å²) in [5, 5.41) is 3.56. The number of imidazole rings is 1. The second-order valence-corrected chi connectivity index (χ2v) is 5.43. The van der Waals surface area contributed by atoms with Crippen molar-refractivity contribution < 1.29 is 4.79 Å². The van der Waals surface area contributed by atoms with Gasteiger partial charge in [-0.15, -0.1) is 11.8 Å². The molecule has 0 unspecified atom stereocenters. The molecule has 0 saturated carbocycles. The molecule has 0 bridgehead atoms. The van der Waals surface area contributed by atoms with Crippen LogP contribution in [0.2, 0.25) is 5.02 Å². The number of carbonyl (C=O) groups is 1. The topological polar surface area (TPSA) is 57.8 Å². The van der Waals surface area contributed by atoms with Gasteiger partial charge in [0.15, 0.2) is 0 Å². The van der Waals surface area contributed by atoms with Crippen molar-refractivity contribution in [3.8, 4) is 0 Å². The van der Waals surface area contributed by atoms with Gasteiger partial charge in [0.2, 0.25) is 5.91 Å². The van der Waals surface area contributed by atoms with Crippen LogP contribution in [0.4, 0.5) is 0 Å². The van der Waals surface area contributed by atoms with E-state index in [9.17, 15) is 4.79 Å². The molecule has 0 aliphatic carbocycles. The Balaban J connectivity index is 1.68. The van der Waals surface area contributed by atoms with Gasteiger partial charge in [-0.05, 0) is 12.1 Å². The number of halogens is 1. The molecule has 0 fully saturated rings. The van der Waals surface area contributed by atoms with Gasteiger partial charge in [-0.1, -0.05) is 23.7 Å². The number of rotatable bonds is 6. The number of benzene rings is 1. The van der Waals surface area contributed by atoms with Crippen molar-refractivity contribution in [2.45, 2.75) is 17.9 Å². The van der Waals surface area contributed by atoms with Gasteiger partial charge in [-0.2, -0.15) is 0 Å². The number of thioether (sulfide) groups is 1. The van der Waals surface area contributed by atoms with E-state index in [1.807, 2.05) is 24.3 Å². The van der Waals surface area contributed by atoms with E-state index >= 15 is 0 Å². The Morgan fingerprint density at radius 3 is 3.00 bits per heavy atom. The summed E-state index contributed by atoms with van der Waals surface area (Å²) < 4.78 is 0. The maximum Gasteiger partial charge on any atom is 0.221 e. The highest BCUT2D eigenvalue weighted by molar-refractivity contribution is 7.99. The van der Waals surface area contributed by atoms with Crippen molar-refractivity contribution >= 4 is 29.3 Å². The molecule has 2 N–H and O–H groups in total. The Morgan fingerprint density at radius 2 is 2.26 bits per heavy atom. The Hall–Kier alpha value is -1.46. The second kappa shape index (κ2) is 7.21. The summed E-state index contributed by atoms with van der Waals surface area (Å²) in [6, 6.07) is 7.63. The first kappa shape index (κ1) is 14.0. The SMILES string of the molecule is O=C(CCSc1ccccc1Cl)NCc1cnc[nH]1. The van der Waals surface area contributed by atoms with Gasteiger partial charge < -0.3 is 10.3 Å². The zero-order chi connectivity index (χ0) is 13.5. The lowest BCUT2D eigenvalue weighted by molar-refractivity contribution is -0.120. The summed E-state index contributed by atoms with van der Waals surface area (Å²) in [4.78, 5) is 19.4. The molecule has 2 rings (SSSR count). The van der Waals surface area contributed by atoms with Gasteiger partial charge in [0.05, 0.1) is 23.6 Å². The van der Waals surface area contributed by atoms with E-state index in [4.69, 9.17) is 11.6 Å². The van der Waals surface area contributed by atoms with Crippen molar-refractivity contribution in [3.05, 3.63) is 47.5 Å². The minimum absolute atomic E-state index is 0.0224. The predicted octanol–water partition coefficient (Wildman–Crippen LogP) is 2.86. The highest BCUT2D eigenvalue weighted by Crippen LogP contribution is 2.26. The number of amides is 1. The van der Waals surface area contributed by atoms with Gasteiger partial charge >= 0.3 is 0 Å². The van der Waals surface area contributed by atoms with Crippen LogP contribution in [0.3, 0.4) is 0 Å². The van der Waals surface area contributed by atoms with E-state index in [2.05, 4.69) is 15.3 Å². The van der Waals surface area contributed by atoms with Crippen LogP contribution in [0.15, 0.2) is 41.7 Å². The van der Waals surface area contributed by atoms with E-state index < -0.39 is 0 Å². The van der Waals surface area contributed by atoms with Crippen molar-refractivity contribution in [2.75, 3.05) is 5.75 Å². The predicted molar refractivity (Wildman–Crippen MR) is 77.2 cm³/mol. The number of aromatic nitrogens is 2. The van der Waals surface area contributed by atoms with Crippen LogP contribution in [0.5, 0.6) is 0 Å². The third-order valence-electron chi connectivity index (χ3n) is 2.45. The third kappa shape index (κ3) is 4.61. The van der Waals surface area contributed by atoms with E-state index in [1.165, 1.54) is 0 Å². The molecular formula is C13H14ClN3OS. The Bertz CT molecular complexity index is 530. The molecule has 4 nitrogen and oxygen atoms in total. The minimum Gasteiger partial charge on any atom is -0.350 e. The highest BCUT2D eigenvalue weighted by atomic mass is 35.5. The summed E-state index contributed by atoms with van der Waals surface area (Å²) in [5.41, 5.74) is 0.895. The molecule has 0 atom stereocenters. The Morgan fingerprint density at radius 1 is 1.42 bits per heavy atom. The number of hydrogen-bond donors (Lipinski definition) is 2. The molecule has 1 amide bonds. The molecule has 1 heterocycles. The average molecular weight is 296 g/mol. The maximum absolute atomic E-state index is 11.6. The molecule has 0 aliphatic heterocycles. The fourth-order valence-corrected chi connectivity index (χ4v) is 2.67. The van der Waals surface area contributed by atoms with Gasteiger partial charge in [0.25, 0.3) is 0 Å². The summed E-state index contributed by atoms with van der Waals surface area (Å²) in [6.45, 7) is 0.482. The zero-order valence-electron chi connectivity index (χ0n) is 10.2. The van der Waals surface area contributed by atoms with Crippen LogP contribution in [0.25, 0.3) is 0 Å². The molecule has 100 valence electrons. The van der Waals surface area contributed by atoms with Crippen LogP contribution in [0, 0.1) is 0 Å². The first-order valence-electron chi connectivity index (χ1n) is 5.87. The van der Waals surface area contributed by atoms with Crippen molar-refractivity contribution in [2.24, 2.45) is 0 Å². The van der Waals surface area contributed by atoms with Crippen molar-refractivity contribution in [3.63, 3.8) is 0 Å². The van der Waals surface area contributed by atoms with Crippen LogP contribution in [-0.4, -0.2) is 21.6 Å². The zero-order valence-corrected chi connectivity index (χ0v) is 11.8. The van der Waals surface area contributed by atoms with E-state index in [0.717, 1.165) is 15.6 Å². The number of carbonyl (C=O) groups excluding carboxylic acids is 1. The quantitative estimate of drug-likeness (QED) is 0.806. The number of aromatic amines is 1.